The van der Waals surface area contributed by atoms with E-state index in [1.165, 1.54) is 6.20 Å². The van der Waals surface area contributed by atoms with Gasteiger partial charge in [-0.25, -0.2) is 9.97 Å². The van der Waals surface area contributed by atoms with Crippen molar-refractivity contribution >= 4 is 49.3 Å². The van der Waals surface area contributed by atoms with E-state index in [2.05, 4.69) is 126 Å². The average molecular weight is 657 g/mol. The van der Waals surface area contributed by atoms with E-state index in [0.29, 0.717) is 0 Å². The molecule has 0 spiro atoms. The van der Waals surface area contributed by atoms with Crippen molar-refractivity contribution in [1.29, 1.82) is 0 Å². The van der Waals surface area contributed by atoms with E-state index in [1.54, 1.807) is 6.08 Å². The van der Waals surface area contributed by atoms with Crippen molar-refractivity contribution in [2.24, 2.45) is 5.73 Å². The van der Waals surface area contributed by atoms with Crippen LogP contribution < -0.4 is 5.73 Å². The van der Waals surface area contributed by atoms with Crippen molar-refractivity contribution in [2.75, 3.05) is 0 Å². The van der Waals surface area contributed by atoms with Gasteiger partial charge in [0.25, 0.3) is 0 Å². The summed E-state index contributed by atoms with van der Waals surface area (Å²) >= 11 is 0. The topological polar surface area (TPSA) is 69.9 Å². The molecular weight excluding hydrogens is 625 g/mol. The number of fused-ring (bicyclic) bond motifs is 5. The van der Waals surface area contributed by atoms with E-state index >= 15 is 0 Å². The average Bonchev–Trinajstić information content (AvgIpc) is 3.76. The first-order valence-corrected chi connectivity index (χ1v) is 16.9. The second-order valence-electron chi connectivity index (χ2n) is 12.5. The number of nitrogens with two attached hydrogens (primary N) is 1. The first-order valence-electron chi connectivity index (χ1n) is 16.9. The van der Waals surface area contributed by atoms with Crippen LogP contribution in [0.3, 0.4) is 0 Å². The molecule has 9 aromatic rings. The second kappa shape index (κ2) is 12.5. The van der Waals surface area contributed by atoms with E-state index in [4.69, 9.17) is 20.1 Å². The highest BCUT2D eigenvalue weighted by Crippen LogP contribution is 2.42. The molecule has 0 aliphatic heterocycles. The number of rotatable bonds is 7. The molecule has 3 aromatic heterocycles. The Morgan fingerprint density at radius 1 is 0.647 bits per heavy atom. The Kier molecular flexibility index (Phi) is 7.37. The number of aromatic nitrogens is 3. The van der Waals surface area contributed by atoms with Crippen molar-refractivity contribution < 1.29 is 4.42 Å². The molecule has 0 unspecified atom stereocenters. The van der Waals surface area contributed by atoms with Gasteiger partial charge in [-0.3, -0.25) is 4.57 Å². The van der Waals surface area contributed by atoms with Gasteiger partial charge in [0.05, 0.1) is 28.0 Å². The fourth-order valence-corrected chi connectivity index (χ4v) is 6.95. The van der Waals surface area contributed by atoms with E-state index in [9.17, 15) is 0 Å². The first kappa shape index (κ1) is 30.1. The van der Waals surface area contributed by atoms with Crippen LogP contribution in [0.2, 0.25) is 0 Å². The minimum Gasteiger partial charge on any atom is -0.455 e. The van der Waals surface area contributed by atoms with Gasteiger partial charge in [0.15, 0.2) is 0 Å². The predicted octanol–water partition coefficient (Wildman–Crippen LogP) is 11.5. The summed E-state index contributed by atoms with van der Waals surface area (Å²) in [5.74, 6) is 0.920. The summed E-state index contributed by atoms with van der Waals surface area (Å²) < 4.78 is 8.91. The summed E-state index contributed by atoms with van der Waals surface area (Å²) in [5, 5.41) is 4.31. The van der Waals surface area contributed by atoms with Gasteiger partial charge < -0.3 is 10.2 Å². The number of nitrogens with zero attached hydrogens (tertiary/aromatic N) is 3. The molecule has 2 N–H and O–H groups in total. The lowest BCUT2D eigenvalue weighted by Crippen LogP contribution is -1.97. The Morgan fingerprint density at radius 2 is 1.43 bits per heavy atom. The molecule has 0 saturated carbocycles. The largest absolute Gasteiger partial charge is 0.455 e. The monoisotopic (exact) mass is 656 g/mol. The van der Waals surface area contributed by atoms with Crippen LogP contribution in [0, 0.1) is 0 Å². The minimum atomic E-state index is 0.789. The Balaban J connectivity index is 1.15. The second-order valence-corrected chi connectivity index (χ2v) is 12.5. The van der Waals surface area contributed by atoms with Gasteiger partial charge in [-0.2, -0.15) is 0 Å². The number of imidazole rings is 1. The smallest absolute Gasteiger partial charge is 0.145 e. The maximum absolute atomic E-state index is 6.67. The van der Waals surface area contributed by atoms with Gasteiger partial charge in [0, 0.05) is 22.0 Å². The molecule has 3 heterocycles. The van der Waals surface area contributed by atoms with Gasteiger partial charge >= 0.3 is 0 Å². The molecule has 0 radical (unpaired) electrons. The zero-order valence-corrected chi connectivity index (χ0v) is 27.7. The Labute approximate surface area is 294 Å². The molecule has 0 atom stereocenters. The predicted molar refractivity (Wildman–Crippen MR) is 211 cm³/mol. The van der Waals surface area contributed by atoms with Crippen LogP contribution in [0.4, 0.5) is 0 Å². The zero-order valence-electron chi connectivity index (χ0n) is 27.7. The van der Waals surface area contributed by atoms with Crippen LogP contribution in [0.15, 0.2) is 181 Å². The van der Waals surface area contributed by atoms with E-state index in [-0.39, 0.29) is 0 Å². The molecule has 0 bridgehead atoms. The number of furan rings is 1. The van der Waals surface area contributed by atoms with Gasteiger partial charge in [-0.1, -0.05) is 110 Å². The lowest BCUT2D eigenvalue weighted by molar-refractivity contribution is 0.670. The molecule has 0 aliphatic carbocycles. The van der Waals surface area contributed by atoms with Crippen molar-refractivity contribution in [3.8, 4) is 39.5 Å². The fourth-order valence-electron chi connectivity index (χ4n) is 6.95. The van der Waals surface area contributed by atoms with Crippen LogP contribution >= 0.6 is 0 Å². The Bertz CT molecular complexity index is 2820. The summed E-state index contributed by atoms with van der Waals surface area (Å²) in [5.41, 5.74) is 16.9. The van der Waals surface area contributed by atoms with Crippen LogP contribution in [0.5, 0.6) is 0 Å². The molecule has 51 heavy (non-hydrogen) atoms. The first-order chi connectivity index (χ1) is 25.2. The van der Waals surface area contributed by atoms with Crippen LogP contribution in [-0.2, 0) is 0 Å². The van der Waals surface area contributed by atoms with E-state index in [0.717, 1.165) is 94.5 Å². The standard InChI is InChI=1S/C46H32N4O/c1-30(12-9-10-27-47)39-18-11-19-41(48-39)44-36-16-6-5-15-34(36)29-38-37-28-33(23-26-43(37)51-45(38)44)31-21-24-35(25-22-31)50-42-20-8-7-17-40(42)49-46(50)32-13-3-2-4-14-32/h2-29H,1,47H2/b12-9-,27-10-. The molecule has 242 valence electrons. The Hall–Kier alpha value is -6.98. The third-order valence-electron chi connectivity index (χ3n) is 9.39. The summed E-state index contributed by atoms with van der Waals surface area (Å²) in [6, 6.07) is 50.4. The van der Waals surface area contributed by atoms with E-state index in [1.807, 2.05) is 42.5 Å². The molecule has 0 amide bonds. The number of para-hydroxylation sites is 2. The third kappa shape index (κ3) is 5.29. The number of benzene rings is 6. The van der Waals surface area contributed by atoms with Crippen molar-refractivity contribution in [3.63, 3.8) is 0 Å². The number of hydrogen-bond acceptors (Lipinski definition) is 4. The van der Waals surface area contributed by atoms with Gasteiger partial charge in [-0.15, -0.1) is 0 Å². The molecule has 0 saturated heterocycles. The van der Waals surface area contributed by atoms with Crippen LogP contribution in [-0.4, -0.2) is 14.5 Å². The summed E-state index contributed by atoms with van der Waals surface area (Å²) in [6.07, 6.45) is 7.03. The number of allylic oxidation sites excluding steroid dienone is 4. The highest BCUT2D eigenvalue weighted by atomic mass is 16.3. The van der Waals surface area contributed by atoms with E-state index < -0.39 is 0 Å². The molecule has 0 aliphatic rings. The highest BCUT2D eigenvalue weighted by molar-refractivity contribution is 6.18. The minimum absolute atomic E-state index is 0.789. The maximum atomic E-state index is 6.67. The molecular formula is C46H32N4O. The number of hydrogen-bond donors (Lipinski definition) is 1. The molecule has 5 heteroatoms. The lowest BCUT2D eigenvalue weighted by atomic mass is 9.96. The molecule has 9 rings (SSSR count). The quantitative estimate of drug-likeness (QED) is 0.173. The van der Waals surface area contributed by atoms with Crippen molar-refractivity contribution in [2.45, 2.75) is 0 Å². The lowest BCUT2D eigenvalue weighted by Gasteiger charge is -2.11. The van der Waals surface area contributed by atoms with Gasteiger partial charge in [-0.05, 0) is 94.3 Å². The summed E-state index contributed by atoms with van der Waals surface area (Å²) in [4.78, 5) is 10.1. The van der Waals surface area contributed by atoms with Crippen LogP contribution in [0.1, 0.15) is 5.69 Å². The summed E-state index contributed by atoms with van der Waals surface area (Å²) in [6.45, 7) is 4.23. The normalized spacial score (nSPS) is 11.9. The molecule has 6 aromatic carbocycles. The molecule has 0 fully saturated rings. The SMILES string of the molecule is C=C(/C=C\C=C/N)c1cccc(-c2c3ccccc3cc3c2oc2ccc(-c4ccc(-n5c(-c6ccccc6)nc6ccccc65)cc4)cc23)n1. The van der Waals surface area contributed by atoms with Crippen LogP contribution in [0.25, 0.3) is 88.8 Å². The van der Waals surface area contributed by atoms with Gasteiger partial charge in [0.1, 0.15) is 17.0 Å². The molecule has 5 nitrogen and oxygen atoms in total. The third-order valence-corrected chi connectivity index (χ3v) is 9.39. The maximum Gasteiger partial charge on any atom is 0.145 e. The number of pyridine rings is 1. The highest BCUT2D eigenvalue weighted by Gasteiger charge is 2.19. The van der Waals surface area contributed by atoms with Crippen molar-refractivity contribution in [1.82, 2.24) is 14.5 Å². The summed E-state index contributed by atoms with van der Waals surface area (Å²) in [7, 11) is 0. The fraction of sp³-hybridized carbons (Fsp3) is 0. The van der Waals surface area contributed by atoms with Crippen molar-refractivity contribution in [3.05, 3.63) is 182 Å². The van der Waals surface area contributed by atoms with Gasteiger partial charge in [0.2, 0.25) is 0 Å². The Morgan fingerprint density at radius 3 is 2.29 bits per heavy atom. The zero-order chi connectivity index (χ0) is 34.3.